The molecule has 0 fully saturated rings. The van der Waals surface area contributed by atoms with E-state index in [0.29, 0.717) is 11.6 Å². The molecular weight excluding hydrogens is 272 g/mol. The first-order valence-corrected chi connectivity index (χ1v) is 7.32. The Balaban J connectivity index is 1.84. The van der Waals surface area contributed by atoms with Crippen LogP contribution in [0.25, 0.3) is 11.2 Å². The fraction of sp³-hybridized carbons (Fsp3) is 0.308. The summed E-state index contributed by atoms with van der Waals surface area (Å²) < 4.78 is 0. The minimum Gasteiger partial charge on any atom is -0.365 e. The summed E-state index contributed by atoms with van der Waals surface area (Å²) in [6.07, 6.45) is 2.60. The maximum atomic E-state index is 4.46. The second-order valence-corrected chi connectivity index (χ2v) is 5.61. The Kier molecular flexibility index (Phi) is 3.51. The fourth-order valence-corrected chi connectivity index (χ4v) is 2.90. The van der Waals surface area contributed by atoms with Gasteiger partial charge in [0.1, 0.15) is 5.52 Å². The maximum Gasteiger partial charge on any atom is 0.226 e. The van der Waals surface area contributed by atoms with Crippen molar-refractivity contribution in [3.05, 3.63) is 28.7 Å². The highest BCUT2D eigenvalue weighted by Gasteiger charge is 2.12. The largest absolute Gasteiger partial charge is 0.365 e. The molecule has 0 aromatic carbocycles. The second kappa shape index (κ2) is 5.46. The molecule has 20 heavy (non-hydrogen) atoms. The van der Waals surface area contributed by atoms with Crippen molar-refractivity contribution in [1.82, 2.24) is 19.9 Å². The fourth-order valence-electron chi connectivity index (χ4n) is 2.06. The number of nitrogens with zero attached hydrogens (tertiary/aromatic N) is 3. The maximum absolute atomic E-state index is 4.46. The summed E-state index contributed by atoms with van der Waals surface area (Å²) >= 11 is 1.77. The van der Waals surface area contributed by atoms with Gasteiger partial charge >= 0.3 is 0 Å². The van der Waals surface area contributed by atoms with Crippen LogP contribution in [0.15, 0.2) is 23.8 Å². The third kappa shape index (κ3) is 2.57. The van der Waals surface area contributed by atoms with Crippen molar-refractivity contribution in [2.45, 2.75) is 19.4 Å². The van der Waals surface area contributed by atoms with E-state index in [2.05, 4.69) is 55.0 Å². The highest BCUT2D eigenvalue weighted by Crippen LogP contribution is 2.20. The van der Waals surface area contributed by atoms with Gasteiger partial charge in [0.05, 0.1) is 6.33 Å². The molecule has 0 saturated heterocycles. The predicted octanol–water partition coefficient (Wildman–Crippen LogP) is 2.50. The number of imidazole rings is 1. The number of rotatable bonds is 5. The van der Waals surface area contributed by atoms with Gasteiger partial charge in [0, 0.05) is 24.4 Å². The van der Waals surface area contributed by atoms with Crippen LogP contribution in [0.5, 0.6) is 0 Å². The molecule has 0 bridgehead atoms. The Morgan fingerprint density at radius 1 is 1.40 bits per heavy atom. The number of hydrogen-bond acceptors (Lipinski definition) is 6. The third-order valence-electron chi connectivity index (χ3n) is 2.98. The average Bonchev–Trinajstić information content (AvgIpc) is 3.09. The molecule has 1 unspecified atom stereocenters. The van der Waals surface area contributed by atoms with Gasteiger partial charge in [0.2, 0.25) is 5.95 Å². The van der Waals surface area contributed by atoms with Crippen LogP contribution < -0.4 is 10.6 Å². The number of H-pyrrole nitrogens is 1. The van der Waals surface area contributed by atoms with E-state index in [1.807, 2.05) is 0 Å². The zero-order valence-corrected chi connectivity index (χ0v) is 12.2. The number of hydrogen-bond donors (Lipinski definition) is 3. The van der Waals surface area contributed by atoms with Crippen molar-refractivity contribution in [3.8, 4) is 0 Å². The molecule has 3 aromatic heterocycles. The normalized spacial score (nSPS) is 12.5. The molecule has 0 spiro atoms. The van der Waals surface area contributed by atoms with Crippen LogP contribution in [0.4, 0.5) is 11.8 Å². The van der Waals surface area contributed by atoms with Crippen LogP contribution >= 0.6 is 11.3 Å². The van der Waals surface area contributed by atoms with Crippen LogP contribution in [-0.2, 0) is 6.42 Å². The van der Waals surface area contributed by atoms with Gasteiger partial charge in [0.25, 0.3) is 0 Å². The van der Waals surface area contributed by atoms with E-state index >= 15 is 0 Å². The first kappa shape index (κ1) is 12.9. The molecule has 0 saturated carbocycles. The minimum atomic E-state index is 0.278. The lowest BCUT2D eigenvalue weighted by Gasteiger charge is -2.14. The summed E-state index contributed by atoms with van der Waals surface area (Å²) in [6.45, 7) is 2.14. The van der Waals surface area contributed by atoms with E-state index in [1.54, 1.807) is 24.7 Å². The van der Waals surface area contributed by atoms with Crippen LogP contribution in [0.3, 0.4) is 0 Å². The average molecular weight is 288 g/mol. The number of aromatic nitrogens is 4. The van der Waals surface area contributed by atoms with Crippen molar-refractivity contribution in [2.24, 2.45) is 0 Å². The van der Waals surface area contributed by atoms with Crippen LogP contribution in [0.2, 0.25) is 0 Å². The van der Waals surface area contributed by atoms with E-state index in [0.717, 1.165) is 17.8 Å². The summed E-state index contributed by atoms with van der Waals surface area (Å²) in [5.41, 5.74) is 1.50. The van der Waals surface area contributed by atoms with Gasteiger partial charge in [-0.3, -0.25) is 0 Å². The van der Waals surface area contributed by atoms with E-state index < -0.39 is 0 Å². The lowest BCUT2D eigenvalue weighted by Crippen LogP contribution is -2.19. The van der Waals surface area contributed by atoms with Gasteiger partial charge in [-0.25, -0.2) is 4.98 Å². The topological polar surface area (TPSA) is 78.5 Å². The molecule has 0 aliphatic heterocycles. The smallest absolute Gasteiger partial charge is 0.226 e. The standard InChI is InChI=1S/C13H16N6S/c1-8(6-9-4-3-5-20-9)17-12-10-11(16-7-15-10)18-13(14-2)19-12/h3-5,7-8H,6H2,1-2H3,(H3,14,15,16,17,18,19). The first-order chi connectivity index (χ1) is 9.76. The molecule has 6 nitrogen and oxygen atoms in total. The molecule has 0 radical (unpaired) electrons. The number of thiophene rings is 1. The van der Waals surface area contributed by atoms with Crippen molar-refractivity contribution in [3.63, 3.8) is 0 Å². The van der Waals surface area contributed by atoms with Crippen LogP contribution in [-0.4, -0.2) is 33.0 Å². The Labute approximate surface area is 120 Å². The summed E-state index contributed by atoms with van der Waals surface area (Å²) in [7, 11) is 1.80. The number of anilines is 2. The quantitative estimate of drug-likeness (QED) is 0.672. The highest BCUT2D eigenvalue weighted by molar-refractivity contribution is 7.09. The Morgan fingerprint density at radius 2 is 2.30 bits per heavy atom. The lowest BCUT2D eigenvalue weighted by molar-refractivity contribution is 0.795. The molecule has 3 N–H and O–H groups in total. The molecule has 7 heteroatoms. The van der Waals surface area contributed by atoms with E-state index in [4.69, 9.17) is 0 Å². The van der Waals surface area contributed by atoms with E-state index in [1.165, 1.54) is 4.88 Å². The van der Waals surface area contributed by atoms with Crippen molar-refractivity contribution in [1.29, 1.82) is 0 Å². The predicted molar refractivity (Wildman–Crippen MR) is 82.3 cm³/mol. The van der Waals surface area contributed by atoms with Gasteiger partial charge in [-0.1, -0.05) is 6.07 Å². The van der Waals surface area contributed by atoms with Crippen LogP contribution in [0.1, 0.15) is 11.8 Å². The molecule has 0 amide bonds. The third-order valence-corrected chi connectivity index (χ3v) is 3.88. The zero-order chi connectivity index (χ0) is 13.9. The summed E-state index contributed by atoms with van der Waals surface area (Å²) in [6, 6.07) is 4.50. The molecule has 3 aromatic rings. The Bertz CT molecular complexity index is 690. The number of fused-ring (bicyclic) bond motifs is 1. The summed E-state index contributed by atoms with van der Waals surface area (Å²) in [5.74, 6) is 1.34. The van der Waals surface area contributed by atoms with E-state index in [-0.39, 0.29) is 6.04 Å². The molecule has 0 aliphatic rings. The monoisotopic (exact) mass is 288 g/mol. The molecular formula is C13H16N6S. The summed E-state index contributed by atoms with van der Waals surface area (Å²) in [5, 5.41) is 8.48. The minimum absolute atomic E-state index is 0.278. The highest BCUT2D eigenvalue weighted by atomic mass is 32.1. The molecule has 0 aliphatic carbocycles. The second-order valence-electron chi connectivity index (χ2n) is 4.58. The first-order valence-electron chi connectivity index (χ1n) is 6.44. The molecule has 3 heterocycles. The van der Waals surface area contributed by atoms with E-state index in [9.17, 15) is 0 Å². The van der Waals surface area contributed by atoms with Gasteiger partial charge in [-0.05, 0) is 18.4 Å². The van der Waals surface area contributed by atoms with Crippen LogP contribution in [0, 0.1) is 0 Å². The molecule has 1 atom stereocenters. The van der Waals surface area contributed by atoms with Crippen molar-refractivity contribution in [2.75, 3.05) is 17.7 Å². The molecule has 3 rings (SSSR count). The molecule has 104 valence electrons. The Hall–Kier alpha value is -2.15. The van der Waals surface area contributed by atoms with Gasteiger partial charge in [-0.15, -0.1) is 11.3 Å². The van der Waals surface area contributed by atoms with Gasteiger partial charge < -0.3 is 15.6 Å². The SMILES string of the molecule is CNc1nc(NC(C)Cc2cccs2)c2[nH]cnc2n1. The number of nitrogens with one attached hydrogen (secondary N) is 3. The van der Waals surface area contributed by atoms with Crippen molar-refractivity contribution < 1.29 is 0 Å². The van der Waals surface area contributed by atoms with Gasteiger partial charge in [0.15, 0.2) is 11.5 Å². The Morgan fingerprint density at radius 3 is 3.05 bits per heavy atom. The van der Waals surface area contributed by atoms with Gasteiger partial charge in [-0.2, -0.15) is 9.97 Å². The zero-order valence-electron chi connectivity index (χ0n) is 11.3. The summed E-state index contributed by atoms with van der Waals surface area (Å²) in [4.78, 5) is 17.4. The lowest BCUT2D eigenvalue weighted by atomic mass is 10.2. The van der Waals surface area contributed by atoms with Crippen molar-refractivity contribution >= 4 is 34.3 Å². The number of aromatic amines is 1.